The third kappa shape index (κ3) is 3.72. The van der Waals surface area contributed by atoms with Crippen LogP contribution in [0.4, 0.5) is 20.6 Å². The zero-order valence-electron chi connectivity index (χ0n) is 14.0. The molecule has 0 aliphatic carbocycles. The molecule has 1 aliphatic heterocycles. The number of carbonyl (C=O) groups is 1. The highest BCUT2D eigenvalue weighted by atomic mass is 19.1. The van der Waals surface area contributed by atoms with Gasteiger partial charge in [-0.15, -0.1) is 0 Å². The second-order valence-corrected chi connectivity index (χ2v) is 6.00. The van der Waals surface area contributed by atoms with E-state index in [0.717, 1.165) is 5.69 Å². The Morgan fingerprint density at radius 1 is 1.16 bits per heavy atom. The minimum Gasteiger partial charge on any atom is -0.367 e. The number of rotatable bonds is 2. The zero-order valence-corrected chi connectivity index (χ0v) is 14.0. The van der Waals surface area contributed by atoms with Gasteiger partial charge in [-0.2, -0.15) is 5.26 Å². The maximum Gasteiger partial charge on any atom is 0.321 e. The van der Waals surface area contributed by atoms with Crippen LogP contribution in [-0.2, 0) is 0 Å². The van der Waals surface area contributed by atoms with E-state index in [1.807, 2.05) is 18.2 Å². The molecule has 0 radical (unpaired) electrons. The molecule has 3 rings (SSSR count). The quantitative estimate of drug-likeness (QED) is 0.913. The monoisotopic (exact) mass is 338 g/mol. The molecule has 2 aromatic rings. The van der Waals surface area contributed by atoms with Crippen molar-refractivity contribution in [3.05, 3.63) is 59.4 Å². The van der Waals surface area contributed by atoms with Crippen LogP contribution in [0.3, 0.4) is 0 Å². The summed E-state index contributed by atoms with van der Waals surface area (Å²) in [6.45, 7) is 4.06. The second-order valence-electron chi connectivity index (χ2n) is 6.00. The highest BCUT2D eigenvalue weighted by molar-refractivity contribution is 5.89. The van der Waals surface area contributed by atoms with Crippen molar-refractivity contribution in [1.82, 2.24) is 4.90 Å². The Morgan fingerprint density at radius 2 is 1.88 bits per heavy atom. The Morgan fingerprint density at radius 3 is 2.56 bits per heavy atom. The molecule has 128 valence electrons. The van der Waals surface area contributed by atoms with Gasteiger partial charge in [0, 0.05) is 31.9 Å². The molecule has 0 unspecified atom stereocenters. The number of amides is 2. The summed E-state index contributed by atoms with van der Waals surface area (Å²) in [5, 5.41) is 11.9. The first kappa shape index (κ1) is 16.8. The topological polar surface area (TPSA) is 59.4 Å². The van der Waals surface area contributed by atoms with Crippen molar-refractivity contribution in [1.29, 1.82) is 5.26 Å². The lowest BCUT2D eigenvalue weighted by Gasteiger charge is -2.36. The number of anilines is 2. The van der Waals surface area contributed by atoms with Crippen molar-refractivity contribution in [2.75, 3.05) is 36.4 Å². The van der Waals surface area contributed by atoms with Crippen molar-refractivity contribution >= 4 is 17.4 Å². The molecule has 1 saturated heterocycles. The fourth-order valence-electron chi connectivity index (χ4n) is 2.87. The summed E-state index contributed by atoms with van der Waals surface area (Å²) in [4.78, 5) is 16.2. The first-order valence-corrected chi connectivity index (χ1v) is 8.14. The average molecular weight is 338 g/mol. The summed E-state index contributed by atoms with van der Waals surface area (Å²) in [7, 11) is 0. The van der Waals surface area contributed by atoms with Gasteiger partial charge in [0.25, 0.3) is 0 Å². The van der Waals surface area contributed by atoms with Crippen LogP contribution in [0.25, 0.3) is 0 Å². The van der Waals surface area contributed by atoms with Crippen LogP contribution in [0.15, 0.2) is 42.5 Å². The molecule has 2 amide bonds. The van der Waals surface area contributed by atoms with Crippen LogP contribution in [0.2, 0.25) is 0 Å². The standard InChI is InChI=1S/C19H19FN4O/c1-14-6-7-16(12-17(14)20)22-19(25)24-10-8-23(9-11-24)18-5-3-2-4-15(18)13-21/h2-7,12H,8-11H2,1H3,(H,22,25). The van der Waals surface area contributed by atoms with Gasteiger partial charge in [0.05, 0.1) is 11.3 Å². The minimum atomic E-state index is -0.337. The predicted octanol–water partition coefficient (Wildman–Crippen LogP) is 3.36. The smallest absolute Gasteiger partial charge is 0.321 e. The van der Waals surface area contributed by atoms with Crippen LogP contribution < -0.4 is 10.2 Å². The minimum absolute atomic E-state index is 0.239. The molecule has 1 heterocycles. The number of halogens is 1. The molecule has 0 saturated carbocycles. The molecule has 1 fully saturated rings. The van der Waals surface area contributed by atoms with Gasteiger partial charge >= 0.3 is 6.03 Å². The summed E-state index contributed by atoms with van der Waals surface area (Å²) in [5.41, 5.74) is 2.52. The molecule has 0 bridgehead atoms. The molecule has 6 heteroatoms. The van der Waals surface area contributed by atoms with Crippen LogP contribution in [0.1, 0.15) is 11.1 Å². The Hall–Kier alpha value is -3.07. The van der Waals surface area contributed by atoms with Gasteiger partial charge in [-0.05, 0) is 36.8 Å². The first-order chi connectivity index (χ1) is 12.1. The molecule has 1 N–H and O–H groups in total. The normalized spacial score (nSPS) is 14.1. The first-order valence-electron chi connectivity index (χ1n) is 8.14. The number of benzene rings is 2. The number of para-hydroxylation sites is 1. The molecule has 1 aliphatic rings. The van der Waals surface area contributed by atoms with E-state index in [0.29, 0.717) is 43.0 Å². The van der Waals surface area contributed by atoms with Crippen LogP contribution >= 0.6 is 0 Å². The highest BCUT2D eigenvalue weighted by Gasteiger charge is 2.22. The largest absolute Gasteiger partial charge is 0.367 e. The van der Waals surface area contributed by atoms with E-state index in [4.69, 9.17) is 0 Å². The number of nitriles is 1. The van der Waals surface area contributed by atoms with Crippen molar-refractivity contribution in [3.8, 4) is 6.07 Å². The number of nitrogens with one attached hydrogen (secondary N) is 1. The van der Waals surface area contributed by atoms with Crippen LogP contribution in [-0.4, -0.2) is 37.1 Å². The summed E-state index contributed by atoms with van der Waals surface area (Å²) in [6.07, 6.45) is 0. The number of urea groups is 1. The van der Waals surface area contributed by atoms with Gasteiger partial charge in [-0.3, -0.25) is 0 Å². The van der Waals surface area contributed by atoms with Gasteiger partial charge in [0.2, 0.25) is 0 Å². The fraction of sp³-hybridized carbons (Fsp3) is 0.263. The average Bonchev–Trinajstić information content (AvgIpc) is 2.65. The van der Waals surface area contributed by atoms with E-state index in [9.17, 15) is 14.4 Å². The predicted molar refractivity (Wildman–Crippen MR) is 95.1 cm³/mol. The van der Waals surface area contributed by atoms with E-state index < -0.39 is 0 Å². The van der Waals surface area contributed by atoms with Gasteiger partial charge in [0.15, 0.2) is 0 Å². The number of hydrogen-bond acceptors (Lipinski definition) is 3. The lowest BCUT2D eigenvalue weighted by atomic mass is 10.1. The van der Waals surface area contributed by atoms with Crippen molar-refractivity contribution in [3.63, 3.8) is 0 Å². The molecule has 0 spiro atoms. The van der Waals surface area contributed by atoms with Gasteiger partial charge in [0.1, 0.15) is 11.9 Å². The Balaban J connectivity index is 1.61. The Kier molecular flexibility index (Phi) is 4.85. The molecular weight excluding hydrogens is 319 g/mol. The SMILES string of the molecule is Cc1ccc(NC(=O)N2CCN(c3ccccc3C#N)CC2)cc1F. The van der Waals surface area contributed by atoms with E-state index >= 15 is 0 Å². The molecular formula is C19H19FN4O. The van der Waals surface area contributed by atoms with E-state index in [-0.39, 0.29) is 11.8 Å². The number of nitrogens with zero attached hydrogens (tertiary/aromatic N) is 3. The Labute approximate surface area is 146 Å². The Bertz CT molecular complexity index is 822. The number of hydrogen-bond donors (Lipinski definition) is 1. The molecule has 2 aromatic carbocycles. The van der Waals surface area contributed by atoms with E-state index in [1.54, 1.807) is 30.0 Å². The molecule has 5 nitrogen and oxygen atoms in total. The number of piperazine rings is 1. The maximum absolute atomic E-state index is 13.6. The van der Waals surface area contributed by atoms with Crippen molar-refractivity contribution < 1.29 is 9.18 Å². The summed E-state index contributed by atoms with van der Waals surface area (Å²) < 4.78 is 13.6. The fourth-order valence-corrected chi connectivity index (χ4v) is 2.87. The number of carbonyl (C=O) groups excluding carboxylic acids is 1. The molecule has 25 heavy (non-hydrogen) atoms. The molecule has 0 atom stereocenters. The summed E-state index contributed by atoms with van der Waals surface area (Å²) >= 11 is 0. The lowest BCUT2D eigenvalue weighted by Crippen LogP contribution is -2.50. The summed E-state index contributed by atoms with van der Waals surface area (Å²) in [6, 6.07) is 14.1. The maximum atomic E-state index is 13.6. The van der Waals surface area contributed by atoms with Crippen LogP contribution in [0.5, 0.6) is 0 Å². The van der Waals surface area contributed by atoms with Crippen LogP contribution in [0, 0.1) is 24.1 Å². The summed E-state index contributed by atoms with van der Waals surface area (Å²) in [5.74, 6) is -0.337. The van der Waals surface area contributed by atoms with Gasteiger partial charge in [-0.1, -0.05) is 18.2 Å². The van der Waals surface area contributed by atoms with Crippen molar-refractivity contribution in [2.24, 2.45) is 0 Å². The third-order valence-corrected chi connectivity index (χ3v) is 4.36. The number of aryl methyl sites for hydroxylation is 1. The third-order valence-electron chi connectivity index (χ3n) is 4.36. The van der Waals surface area contributed by atoms with Gasteiger partial charge in [-0.25, -0.2) is 9.18 Å². The lowest BCUT2D eigenvalue weighted by molar-refractivity contribution is 0.208. The second kappa shape index (κ2) is 7.22. The van der Waals surface area contributed by atoms with E-state index in [1.165, 1.54) is 6.07 Å². The van der Waals surface area contributed by atoms with Crippen molar-refractivity contribution in [2.45, 2.75) is 6.92 Å². The molecule has 0 aromatic heterocycles. The van der Waals surface area contributed by atoms with E-state index in [2.05, 4.69) is 16.3 Å². The zero-order chi connectivity index (χ0) is 17.8. The highest BCUT2D eigenvalue weighted by Crippen LogP contribution is 2.21. The van der Waals surface area contributed by atoms with Gasteiger partial charge < -0.3 is 15.1 Å².